The SMILES string of the molecule is CC(C)c1c(-c2ccccc2)nc2cc(OC3CCCC3)ccc2c1C(=O)NCc1ccc(F)c(F)c1.CC(C)c1c(-c2ccccc2)nc2ccc(OC3CCCC3)cc2c1C(=O)NCc1ccc(F)c(F)c1. The van der Waals surface area contributed by atoms with Crippen LogP contribution in [0, 0.1) is 23.3 Å². The van der Waals surface area contributed by atoms with Gasteiger partial charge in [0.05, 0.1) is 45.8 Å². The summed E-state index contributed by atoms with van der Waals surface area (Å²) >= 11 is 0. The molecule has 0 saturated heterocycles. The Morgan fingerprint density at radius 1 is 0.500 bits per heavy atom. The van der Waals surface area contributed by atoms with Crippen LogP contribution in [0.5, 0.6) is 11.5 Å². The Morgan fingerprint density at radius 2 is 0.932 bits per heavy atom. The maximum absolute atomic E-state index is 13.8. The molecule has 2 fully saturated rings. The predicted molar refractivity (Wildman–Crippen MR) is 283 cm³/mol. The molecule has 380 valence electrons. The Labute approximate surface area is 429 Å². The number of nitrogens with one attached hydrogen (secondary N) is 2. The molecule has 0 unspecified atom stereocenters. The topological polar surface area (TPSA) is 102 Å². The molecular formula is C62H60F4N4O4. The number of benzene rings is 6. The van der Waals surface area contributed by atoms with Crippen molar-refractivity contribution in [3.63, 3.8) is 0 Å². The zero-order valence-corrected chi connectivity index (χ0v) is 42.1. The smallest absolute Gasteiger partial charge is 0.252 e. The van der Waals surface area contributed by atoms with Gasteiger partial charge in [0.15, 0.2) is 23.3 Å². The van der Waals surface area contributed by atoms with Gasteiger partial charge in [0.2, 0.25) is 0 Å². The third kappa shape index (κ3) is 11.8. The molecule has 0 atom stereocenters. The van der Waals surface area contributed by atoms with E-state index in [1.807, 2.05) is 125 Å². The van der Waals surface area contributed by atoms with E-state index in [4.69, 9.17) is 19.4 Å². The average molecular weight is 1000 g/mol. The van der Waals surface area contributed by atoms with Crippen LogP contribution in [0.3, 0.4) is 0 Å². The summed E-state index contributed by atoms with van der Waals surface area (Å²) in [6, 6.07) is 38.4. The third-order valence-electron chi connectivity index (χ3n) is 13.8. The molecule has 2 saturated carbocycles. The van der Waals surface area contributed by atoms with E-state index in [1.165, 1.54) is 25.0 Å². The Kier molecular flexibility index (Phi) is 16.0. The zero-order valence-electron chi connectivity index (χ0n) is 42.1. The fourth-order valence-electron chi connectivity index (χ4n) is 10.1. The van der Waals surface area contributed by atoms with E-state index in [0.29, 0.717) is 38.7 Å². The maximum atomic E-state index is 13.8. The number of hydrogen-bond donors (Lipinski definition) is 2. The highest BCUT2D eigenvalue weighted by Gasteiger charge is 2.27. The quantitative estimate of drug-likeness (QED) is 0.105. The highest BCUT2D eigenvalue weighted by Crippen LogP contribution is 2.39. The first-order valence-corrected chi connectivity index (χ1v) is 25.6. The van der Waals surface area contributed by atoms with E-state index < -0.39 is 23.3 Å². The molecule has 2 aliphatic carbocycles. The minimum absolute atomic E-state index is 0.00414. The van der Waals surface area contributed by atoms with Crippen LogP contribution in [-0.2, 0) is 13.1 Å². The molecule has 2 amide bonds. The first-order chi connectivity index (χ1) is 35.8. The number of fused-ring (bicyclic) bond motifs is 2. The highest BCUT2D eigenvalue weighted by atomic mass is 19.2. The highest BCUT2D eigenvalue weighted by molar-refractivity contribution is 6.10. The van der Waals surface area contributed by atoms with Crippen molar-refractivity contribution in [2.45, 2.75) is 116 Å². The van der Waals surface area contributed by atoms with Gasteiger partial charge in [-0.1, -0.05) is 100 Å². The molecule has 2 heterocycles. The summed E-state index contributed by atoms with van der Waals surface area (Å²) in [6.45, 7) is 8.30. The number of halogens is 4. The van der Waals surface area contributed by atoms with Gasteiger partial charge >= 0.3 is 0 Å². The lowest BCUT2D eigenvalue weighted by atomic mass is 9.89. The fraction of sp³-hybridized carbons (Fsp3) is 0.290. The molecule has 6 aromatic carbocycles. The Bertz CT molecular complexity index is 3300. The molecule has 2 N–H and O–H groups in total. The van der Waals surface area contributed by atoms with Crippen LogP contribution in [-0.4, -0.2) is 34.0 Å². The van der Waals surface area contributed by atoms with Crippen LogP contribution in [0.4, 0.5) is 17.6 Å². The number of rotatable bonds is 14. The van der Waals surface area contributed by atoms with Crippen LogP contribution in [0.2, 0.25) is 0 Å². The Balaban J connectivity index is 0.000000182. The summed E-state index contributed by atoms with van der Waals surface area (Å²) in [4.78, 5) is 37.5. The molecule has 0 aliphatic heterocycles. The van der Waals surface area contributed by atoms with Gasteiger partial charge in [0.1, 0.15) is 11.5 Å². The van der Waals surface area contributed by atoms with Crippen molar-refractivity contribution in [3.05, 3.63) is 190 Å². The minimum Gasteiger partial charge on any atom is -0.490 e. The van der Waals surface area contributed by atoms with Crippen molar-refractivity contribution < 1.29 is 36.6 Å². The van der Waals surface area contributed by atoms with Gasteiger partial charge in [-0.2, -0.15) is 0 Å². The normalized spacial score (nSPS) is 13.9. The largest absolute Gasteiger partial charge is 0.490 e. The molecule has 74 heavy (non-hydrogen) atoms. The van der Waals surface area contributed by atoms with Crippen LogP contribution in [0.1, 0.15) is 134 Å². The summed E-state index contributed by atoms with van der Waals surface area (Å²) in [7, 11) is 0. The van der Waals surface area contributed by atoms with Crippen LogP contribution >= 0.6 is 0 Å². The minimum atomic E-state index is -0.941. The lowest BCUT2D eigenvalue weighted by molar-refractivity contribution is 0.0943. The van der Waals surface area contributed by atoms with Gasteiger partial charge in [-0.05, 0) is 140 Å². The fourth-order valence-corrected chi connectivity index (χ4v) is 10.1. The van der Waals surface area contributed by atoms with E-state index in [9.17, 15) is 27.2 Å². The zero-order chi connectivity index (χ0) is 51.9. The number of carbonyl (C=O) groups excluding carboxylic acids is 2. The number of nitrogens with zero attached hydrogens (tertiary/aromatic N) is 2. The number of hydrogen-bond acceptors (Lipinski definition) is 6. The first-order valence-electron chi connectivity index (χ1n) is 25.6. The molecule has 0 bridgehead atoms. The monoisotopic (exact) mass is 1000 g/mol. The van der Waals surface area contributed by atoms with E-state index in [-0.39, 0.29) is 48.9 Å². The summed E-state index contributed by atoms with van der Waals surface area (Å²) in [5.41, 5.74) is 8.41. The van der Waals surface area contributed by atoms with Crippen LogP contribution in [0.15, 0.2) is 133 Å². The molecule has 2 aliphatic rings. The van der Waals surface area contributed by atoms with E-state index >= 15 is 0 Å². The number of pyridine rings is 2. The van der Waals surface area contributed by atoms with Gasteiger partial charge in [-0.15, -0.1) is 0 Å². The summed E-state index contributed by atoms with van der Waals surface area (Å²) < 4.78 is 66.7. The summed E-state index contributed by atoms with van der Waals surface area (Å²) in [6.07, 6.45) is 9.22. The predicted octanol–water partition coefficient (Wildman–Crippen LogP) is 15.1. The summed E-state index contributed by atoms with van der Waals surface area (Å²) in [5, 5.41) is 7.27. The van der Waals surface area contributed by atoms with Crippen molar-refractivity contribution in [2.75, 3.05) is 0 Å². The third-order valence-corrected chi connectivity index (χ3v) is 13.8. The Hall–Kier alpha value is -7.60. The molecule has 8 aromatic rings. The van der Waals surface area contributed by atoms with Gasteiger partial charge in [0.25, 0.3) is 11.8 Å². The molecule has 8 nitrogen and oxygen atoms in total. The van der Waals surface area contributed by atoms with Crippen molar-refractivity contribution in [1.29, 1.82) is 0 Å². The van der Waals surface area contributed by atoms with Crippen molar-refractivity contribution in [1.82, 2.24) is 20.6 Å². The number of amides is 2. The Morgan fingerprint density at radius 3 is 1.39 bits per heavy atom. The molecular weight excluding hydrogens is 941 g/mol. The van der Waals surface area contributed by atoms with E-state index in [2.05, 4.69) is 10.6 Å². The van der Waals surface area contributed by atoms with Crippen molar-refractivity contribution >= 4 is 33.6 Å². The first kappa shape index (κ1) is 51.3. The van der Waals surface area contributed by atoms with E-state index in [1.54, 1.807) is 0 Å². The van der Waals surface area contributed by atoms with Crippen molar-refractivity contribution in [3.8, 4) is 34.0 Å². The second-order valence-electron chi connectivity index (χ2n) is 19.8. The van der Waals surface area contributed by atoms with Gasteiger partial charge in [-0.25, -0.2) is 27.5 Å². The second-order valence-corrected chi connectivity index (χ2v) is 19.8. The van der Waals surface area contributed by atoms with Crippen LogP contribution < -0.4 is 20.1 Å². The lowest BCUT2D eigenvalue weighted by Gasteiger charge is -2.21. The molecule has 2 aromatic heterocycles. The standard InChI is InChI=1S/2C31H30F2N2O2/c1-19(2)28-29(31(36)34-18-20-12-15-25(32)26(33)16-20)24-14-13-23(37-22-10-6-7-11-22)17-27(24)35-30(28)21-8-4-3-5-9-21;1-19(2)28-29(31(36)34-18-20-12-14-25(32)26(33)16-20)24-17-23(37-22-10-6-7-11-22)13-15-27(24)35-30(28)21-8-4-3-5-9-21/h2*3-5,8-9,12-17,19,22H,6-7,10-11,18H2,1-2H3,(H,34,36). The van der Waals surface area contributed by atoms with Gasteiger partial charge < -0.3 is 20.1 Å². The maximum Gasteiger partial charge on any atom is 0.252 e. The lowest BCUT2D eigenvalue weighted by Crippen LogP contribution is -2.25. The van der Waals surface area contributed by atoms with Gasteiger partial charge in [0, 0.05) is 41.1 Å². The molecule has 0 radical (unpaired) electrons. The van der Waals surface area contributed by atoms with E-state index in [0.717, 1.165) is 113 Å². The second kappa shape index (κ2) is 23.1. The molecule has 10 rings (SSSR count). The summed E-state index contributed by atoms with van der Waals surface area (Å²) in [5.74, 6) is -2.83. The van der Waals surface area contributed by atoms with Crippen molar-refractivity contribution in [2.24, 2.45) is 0 Å². The van der Waals surface area contributed by atoms with Crippen LogP contribution in [0.25, 0.3) is 44.3 Å². The molecule has 0 spiro atoms. The number of ether oxygens (including phenoxy) is 2. The average Bonchev–Trinajstić information content (AvgIpc) is 4.14. The number of aromatic nitrogens is 2. The molecule has 12 heteroatoms. The number of carbonyl (C=O) groups is 2. The van der Waals surface area contributed by atoms with Gasteiger partial charge in [-0.3, -0.25) is 9.59 Å².